The van der Waals surface area contributed by atoms with Crippen molar-refractivity contribution in [3.05, 3.63) is 68.9 Å². The predicted octanol–water partition coefficient (Wildman–Crippen LogP) is 1.71. The van der Waals surface area contributed by atoms with Crippen LogP contribution in [-0.4, -0.2) is 27.9 Å². The molecule has 0 aromatic heterocycles. The van der Waals surface area contributed by atoms with Gasteiger partial charge in [-0.25, -0.2) is 9.98 Å². The molecule has 0 aliphatic carbocycles. The Labute approximate surface area is 152 Å². The highest BCUT2D eigenvalue weighted by Gasteiger charge is 2.15. The second-order valence-electron chi connectivity index (χ2n) is 5.51. The molecule has 0 fully saturated rings. The Morgan fingerprint density at radius 1 is 1.19 bits per heavy atom. The van der Waals surface area contributed by atoms with Crippen LogP contribution in [0.25, 0.3) is 0 Å². The monoisotopic (exact) mass is 370 g/mol. The summed E-state index contributed by atoms with van der Waals surface area (Å²) in [5, 5.41) is 14.5. The van der Waals surface area contributed by atoms with Crippen LogP contribution in [0.4, 0.5) is 11.4 Å². The van der Waals surface area contributed by atoms with Gasteiger partial charge >= 0.3 is 0 Å². The van der Waals surface area contributed by atoms with Gasteiger partial charge in [0.15, 0.2) is 11.3 Å². The van der Waals surface area contributed by atoms with Crippen molar-refractivity contribution in [2.75, 3.05) is 11.1 Å². The van der Waals surface area contributed by atoms with E-state index in [4.69, 9.17) is 0 Å². The van der Waals surface area contributed by atoms with Gasteiger partial charge in [0.1, 0.15) is 0 Å². The summed E-state index contributed by atoms with van der Waals surface area (Å²) in [6.07, 6.45) is 0. The molecule has 2 aromatic carbocycles. The molecule has 2 aromatic rings. The highest BCUT2D eigenvalue weighted by molar-refractivity contribution is 8.00. The van der Waals surface area contributed by atoms with Crippen molar-refractivity contribution in [3.63, 3.8) is 0 Å². The third-order valence-corrected chi connectivity index (χ3v) is 4.52. The summed E-state index contributed by atoms with van der Waals surface area (Å²) in [4.78, 5) is 42.3. The van der Waals surface area contributed by atoms with Gasteiger partial charge in [0.25, 0.3) is 5.69 Å². The molecule has 0 bridgehead atoms. The minimum atomic E-state index is -0.513. The Morgan fingerprint density at radius 3 is 2.69 bits per heavy atom. The predicted molar refractivity (Wildman–Crippen MR) is 96.7 cm³/mol. The summed E-state index contributed by atoms with van der Waals surface area (Å²) in [5.41, 5.74) is 0.508. The number of ketones is 1. The van der Waals surface area contributed by atoms with Gasteiger partial charge in [-0.15, -0.1) is 11.8 Å². The summed E-state index contributed by atoms with van der Waals surface area (Å²) in [6.45, 7) is 1.46. The number of nitro groups is 1. The van der Waals surface area contributed by atoms with Crippen LogP contribution in [0.2, 0.25) is 0 Å². The van der Waals surface area contributed by atoms with Crippen LogP contribution in [0.15, 0.2) is 52.4 Å². The first-order valence-corrected chi connectivity index (χ1v) is 8.70. The zero-order valence-electron chi connectivity index (χ0n) is 13.7. The first-order valence-electron chi connectivity index (χ1n) is 7.65. The van der Waals surface area contributed by atoms with Crippen molar-refractivity contribution >= 4 is 34.8 Å². The molecule has 1 aliphatic heterocycles. The van der Waals surface area contributed by atoms with Crippen LogP contribution in [0.3, 0.4) is 0 Å². The molecule has 3 rings (SSSR count). The second-order valence-corrected chi connectivity index (χ2v) is 6.55. The van der Waals surface area contributed by atoms with Gasteiger partial charge in [0.05, 0.1) is 21.4 Å². The largest absolute Gasteiger partial charge is 0.325 e. The van der Waals surface area contributed by atoms with Gasteiger partial charge < -0.3 is 5.32 Å². The molecule has 8 nitrogen and oxygen atoms in total. The maximum Gasteiger partial charge on any atom is 0.271 e. The molecule has 1 aliphatic rings. The first-order chi connectivity index (χ1) is 12.4. The average Bonchev–Trinajstić information content (AvgIpc) is 3.02. The fourth-order valence-electron chi connectivity index (χ4n) is 2.34. The van der Waals surface area contributed by atoms with Crippen LogP contribution in [0, 0.1) is 10.1 Å². The molecule has 0 saturated carbocycles. The van der Waals surface area contributed by atoms with E-state index in [1.165, 1.54) is 30.8 Å². The van der Waals surface area contributed by atoms with E-state index in [9.17, 15) is 19.7 Å². The number of fused-ring (bicyclic) bond motifs is 1. The minimum Gasteiger partial charge on any atom is -0.325 e. The first kappa shape index (κ1) is 17.7. The van der Waals surface area contributed by atoms with E-state index in [1.807, 2.05) is 0 Å². The average molecular weight is 370 g/mol. The lowest BCUT2D eigenvalue weighted by molar-refractivity contribution is -0.385. The lowest BCUT2D eigenvalue weighted by atomic mass is 10.1. The highest BCUT2D eigenvalue weighted by atomic mass is 32.2. The molecule has 1 amide bonds. The molecule has 9 heteroatoms. The summed E-state index contributed by atoms with van der Waals surface area (Å²) in [5.74, 6) is -0.216. The number of nitro benzene ring substituents is 1. The molecular formula is C17H14N4O4S. The lowest BCUT2D eigenvalue weighted by Gasteiger charge is -2.07. The molecular weight excluding hydrogens is 356 g/mol. The van der Waals surface area contributed by atoms with E-state index in [1.54, 1.807) is 30.3 Å². The smallest absolute Gasteiger partial charge is 0.271 e. The molecule has 0 spiro atoms. The molecule has 1 unspecified atom stereocenters. The van der Waals surface area contributed by atoms with E-state index in [-0.39, 0.29) is 23.1 Å². The van der Waals surface area contributed by atoms with Gasteiger partial charge in [-0.1, -0.05) is 12.1 Å². The Balaban J connectivity index is 1.61. The number of hydrogen-bond acceptors (Lipinski definition) is 7. The Kier molecular flexibility index (Phi) is 5.08. The van der Waals surface area contributed by atoms with E-state index in [0.29, 0.717) is 22.0 Å². The number of rotatable bonds is 6. The van der Waals surface area contributed by atoms with Crippen LogP contribution >= 0.6 is 11.8 Å². The van der Waals surface area contributed by atoms with Crippen LogP contribution in [0.5, 0.6) is 0 Å². The quantitative estimate of drug-likeness (QED) is 0.472. The van der Waals surface area contributed by atoms with Gasteiger partial charge in [0, 0.05) is 23.4 Å². The number of thioether (sulfide) groups is 1. The highest BCUT2D eigenvalue weighted by Crippen LogP contribution is 2.17. The molecule has 26 heavy (non-hydrogen) atoms. The number of nitrogens with one attached hydrogen (secondary N) is 1. The van der Waals surface area contributed by atoms with Crippen molar-refractivity contribution in [3.8, 4) is 0 Å². The second kappa shape index (κ2) is 7.44. The number of benzene rings is 2. The maximum absolute atomic E-state index is 12.1. The molecule has 1 heterocycles. The Hall–Kier alpha value is -3.07. The topological polar surface area (TPSA) is 114 Å². The number of carbonyl (C=O) groups is 2. The van der Waals surface area contributed by atoms with Gasteiger partial charge in [-0.05, 0) is 25.1 Å². The fraction of sp³-hybridized carbons (Fsp3) is 0.176. The van der Waals surface area contributed by atoms with E-state index < -0.39 is 10.4 Å². The van der Waals surface area contributed by atoms with E-state index >= 15 is 0 Å². The molecule has 0 radical (unpaired) electrons. The SMILES string of the molecule is CC(=O)c1cccc(NC(=O)CSC2N=c3ccc([N+](=O)[O-])cc3=N2)c1. The molecule has 0 saturated heterocycles. The van der Waals surface area contributed by atoms with E-state index in [0.717, 1.165) is 0 Å². The number of carbonyl (C=O) groups excluding carboxylic acids is 2. The van der Waals surface area contributed by atoms with Gasteiger partial charge in [0.2, 0.25) is 5.91 Å². The van der Waals surface area contributed by atoms with Crippen molar-refractivity contribution in [2.24, 2.45) is 9.98 Å². The zero-order valence-corrected chi connectivity index (χ0v) is 14.5. The Bertz CT molecular complexity index is 1020. The summed E-state index contributed by atoms with van der Waals surface area (Å²) in [6, 6.07) is 11.0. The third-order valence-electron chi connectivity index (χ3n) is 3.59. The van der Waals surface area contributed by atoms with Crippen molar-refractivity contribution in [1.29, 1.82) is 0 Å². The maximum atomic E-state index is 12.1. The van der Waals surface area contributed by atoms with Gasteiger partial charge in [-0.2, -0.15) is 0 Å². The lowest BCUT2D eigenvalue weighted by Crippen LogP contribution is -2.21. The minimum absolute atomic E-state index is 0.0450. The third kappa shape index (κ3) is 4.12. The molecule has 1 atom stereocenters. The van der Waals surface area contributed by atoms with Crippen molar-refractivity contribution in [2.45, 2.75) is 12.4 Å². The number of hydrogen-bond donors (Lipinski definition) is 1. The van der Waals surface area contributed by atoms with Crippen LogP contribution in [0.1, 0.15) is 17.3 Å². The number of amides is 1. The summed E-state index contributed by atoms with van der Waals surface area (Å²) in [7, 11) is 0. The van der Waals surface area contributed by atoms with Crippen molar-refractivity contribution in [1.82, 2.24) is 0 Å². The number of nitrogens with zero attached hydrogens (tertiary/aromatic N) is 3. The normalized spacial score (nSPS) is 14.7. The molecule has 1 N–H and O–H groups in total. The van der Waals surface area contributed by atoms with Crippen LogP contribution < -0.4 is 16.0 Å². The fourth-order valence-corrected chi connectivity index (χ4v) is 3.09. The summed E-state index contributed by atoms with van der Waals surface area (Å²) >= 11 is 1.21. The van der Waals surface area contributed by atoms with E-state index in [2.05, 4.69) is 15.3 Å². The Morgan fingerprint density at radius 2 is 1.96 bits per heavy atom. The zero-order chi connectivity index (χ0) is 18.7. The number of non-ortho nitro benzene ring substituents is 1. The molecule has 132 valence electrons. The summed E-state index contributed by atoms with van der Waals surface area (Å²) < 4.78 is 0. The number of Topliss-reactive ketones (excluding diaryl/α,β-unsaturated/α-hetero) is 1. The van der Waals surface area contributed by atoms with Gasteiger partial charge in [-0.3, -0.25) is 19.7 Å². The number of anilines is 1. The van der Waals surface area contributed by atoms with Crippen LogP contribution in [-0.2, 0) is 4.79 Å². The standard InChI is InChI=1S/C17H14N4O4S/c1-10(22)11-3-2-4-12(7-11)18-16(23)9-26-17-19-14-6-5-13(21(24)25)8-15(14)20-17/h2-8,17H,9H2,1H3,(H,18,23). The van der Waals surface area contributed by atoms with Crippen molar-refractivity contribution < 1.29 is 14.5 Å².